The lowest BCUT2D eigenvalue weighted by atomic mass is 9.84. The van der Waals surface area contributed by atoms with Crippen LogP contribution in [0.1, 0.15) is 38.4 Å². The van der Waals surface area contributed by atoms with Crippen LogP contribution in [0.4, 0.5) is 10.8 Å². The van der Waals surface area contributed by atoms with Gasteiger partial charge in [-0.2, -0.15) is 0 Å². The third-order valence-corrected chi connectivity index (χ3v) is 9.19. The molecule has 0 bridgehead atoms. The molecule has 2 aliphatic heterocycles. The normalized spacial score (nSPS) is 17.6. The molecule has 7 nitrogen and oxygen atoms in total. The molecule has 0 N–H and O–H groups in total. The average molecular weight is 570 g/mol. The van der Waals surface area contributed by atoms with E-state index in [1.165, 1.54) is 16.2 Å². The maximum absolute atomic E-state index is 15.0. The zero-order valence-corrected chi connectivity index (χ0v) is 23.6. The lowest BCUT2D eigenvalue weighted by molar-refractivity contribution is -0.121. The first kappa shape index (κ1) is 24.7. The Kier molecular flexibility index (Phi) is 5.12. The Morgan fingerprint density at radius 2 is 1.60 bits per heavy atom. The van der Waals surface area contributed by atoms with Crippen LogP contribution in [0.15, 0.2) is 100 Å². The summed E-state index contributed by atoms with van der Waals surface area (Å²) in [6.07, 6.45) is 0. The van der Waals surface area contributed by atoms with Crippen LogP contribution in [-0.4, -0.2) is 16.8 Å². The fourth-order valence-corrected chi connectivity index (χ4v) is 7.43. The molecule has 2 aromatic heterocycles. The van der Waals surface area contributed by atoms with Crippen molar-refractivity contribution in [1.82, 2.24) is 4.98 Å². The molecule has 8 heteroatoms. The Balaban J connectivity index is 1.47. The van der Waals surface area contributed by atoms with Crippen LogP contribution < -0.4 is 15.2 Å². The number of thiazole rings is 1. The third kappa shape index (κ3) is 3.21. The van der Waals surface area contributed by atoms with E-state index in [0.29, 0.717) is 32.9 Å². The van der Waals surface area contributed by atoms with Crippen LogP contribution in [-0.2, 0) is 16.9 Å². The molecule has 2 amide bonds. The first-order chi connectivity index (χ1) is 20.4. The molecule has 4 heterocycles. The van der Waals surface area contributed by atoms with Gasteiger partial charge in [-0.1, -0.05) is 77.6 Å². The maximum atomic E-state index is 15.0. The second-order valence-corrected chi connectivity index (χ2v) is 11.9. The molecule has 0 saturated heterocycles. The van der Waals surface area contributed by atoms with E-state index in [1.54, 1.807) is 17.0 Å². The van der Waals surface area contributed by atoms with Crippen molar-refractivity contribution in [3.8, 4) is 0 Å². The molecule has 0 fully saturated rings. The van der Waals surface area contributed by atoms with Gasteiger partial charge < -0.3 is 9.32 Å². The highest BCUT2D eigenvalue weighted by Gasteiger charge is 2.66. The summed E-state index contributed by atoms with van der Waals surface area (Å²) in [6.45, 7) is 4.15. The molecule has 204 valence electrons. The number of fused-ring (bicyclic) bond motifs is 6. The van der Waals surface area contributed by atoms with Gasteiger partial charge in [-0.05, 0) is 55.3 Å². The van der Waals surface area contributed by atoms with Crippen LogP contribution in [0.25, 0.3) is 21.2 Å². The molecule has 0 radical (unpaired) electrons. The Morgan fingerprint density at radius 1 is 0.857 bits per heavy atom. The number of carbonyl (C=O) groups is 2. The molecular weight excluding hydrogens is 546 g/mol. The number of benzene rings is 4. The third-order valence-electron chi connectivity index (χ3n) is 8.19. The van der Waals surface area contributed by atoms with Crippen molar-refractivity contribution >= 4 is 55.2 Å². The largest absolute Gasteiger partial charge is 0.450 e. The number of hydrogen-bond acceptors (Lipinski definition) is 6. The molecule has 1 unspecified atom stereocenters. The minimum atomic E-state index is -1.78. The molecule has 4 aromatic carbocycles. The van der Waals surface area contributed by atoms with Crippen LogP contribution in [0.3, 0.4) is 0 Å². The summed E-state index contributed by atoms with van der Waals surface area (Å²) in [4.78, 5) is 51.9. The van der Waals surface area contributed by atoms with E-state index >= 15 is 4.79 Å². The Labute approximate surface area is 244 Å². The van der Waals surface area contributed by atoms with Gasteiger partial charge in [0.2, 0.25) is 5.76 Å². The number of para-hydroxylation sites is 1. The Morgan fingerprint density at radius 3 is 2.43 bits per heavy atom. The van der Waals surface area contributed by atoms with E-state index in [-0.39, 0.29) is 17.9 Å². The predicted molar refractivity (Wildman–Crippen MR) is 163 cm³/mol. The van der Waals surface area contributed by atoms with Gasteiger partial charge >= 0.3 is 0 Å². The first-order valence-electron chi connectivity index (χ1n) is 13.6. The molecule has 1 atom stereocenters. The summed E-state index contributed by atoms with van der Waals surface area (Å²) in [6, 6.07) is 28.2. The number of anilines is 2. The first-order valence-corrected chi connectivity index (χ1v) is 14.4. The smallest absolute Gasteiger partial charge is 0.297 e. The van der Waals surface area contributed by atoms with Crippen molar-refractivity contribution in [2.24, 2.45) is 0 Å². The topological polar surface area (TPSA) is 83.7 Å². The lowest BCUT2D eigenvalue weighted by Crippen LogP contribution is -2.53. The van der Waals surface area contributed by atoms with Gasteiger partial charge in [0, 0.05) is 5.56 Å². The maximum Gasteiger partial charge on any atom is 0.297 e. The summed E-state index contributed by atoms with van der Waals surface area (Å²) in [7, 11) is 0. The molecule has 1 spiro atoms. The highest BCUT2D eigenvalue weighted by atomic mass is 32.1. The van der Waals surface area contributed by atoms with E-state index in [2.05, 4.69) is 0 Å². The molecule has 0 saturated carbocycles. The Bertz CT molecular complexity index is 2190. The lowest BCUT2D eigenvalue weighted by Gasteiger charge is -2.32. The summed E-state index contributed by atoms with van der Waals surface area (Å²) in [5.41, 5.74) is 2.90. The number of hydrogen-bond donors (Lipinski definition) is 0. The highest BCUT2D eigenvalue weighted by molar-refractivity contribution is 7.22. The molecule has 0 aliphatic carbocycles. The van der Waals surface area contributed by atoms with Crippen LogP contribution in [0.5, 0.6) is 0 Å². The average Bonchev–Trinajstić information content (AvgIpc) is 3.60. The number of aryl methyl sites for hydroxylation is 2. The van der Waals surface area contributed by atoms with Crippen molar-refractivity contribution in [3.05, 3.63) is 135 Å². The number of rotatable bonds is 3. The SMILES string of the molecule is Cc1ccc2nc(N3C(=O)c4oc5ccc(C)cc5c(=O)c4C34C(=O)N(Cc3ccccc3)c3ccccc34)sc2c1. The summed E-state index contributed by atoms with van der Waals surface area (Å²) in [5, 5.41) is 0.658. The van der Waals surface area contributed by atoms with Crippen molar-refractivity contribution in [2.75, 3.05) is 9.80 Å². The number of carbonyl (C=O) groups excluding carboxylic acids is 2. The van der Waals surface area contributed by atoms with Gasteiger partial charge in [0.25, 0.3) is 11.8 Å². The second kappa shape index (κ2) is 8.71. The quantitative estimate of drug-likeness (QED) is 0.244. The summed E-state index contributed by atoms with van der Waals surface area (Å²) in [5.74, 6) is -1.09. The summed E-state index contributed by atoms with van der Waals surface area (Å²) < 4.78 is 7.09. The predicted octanol–water partition coefficient (Wildman–Crippen LogP) is 6.47. The van der Waals surface area contributed by atoms with Gasteiger partial charge in [-0.3, -0.25) is 19.3 Å². The zero-order valence-electron chi connectivity index (χ0n) is 22.8. The zero-order chi connectivity index (χ0) is 28.7. The van der Waals surface area contributed by atoms with Gasteiger partial charge in [0.15, 0.2) is 16.1 Å². The Hall–Kier alpha value is -5.08. The fraction of sp³-hybridized carbons (Fsp3) is 0.118. The molecule has 2 aliphatic rings. The molecule has 6 aromatic rings. The van der Waals surface area contributed by atoms with Gasteiger partial charge in [-0.15, -0.1) is 0 Å². The van der Waals surface area contributed by atoms with Crippen LogP contribution >= 0.6 is 11.3 Å². The van der Waals surface area contributed by atoms with Crippen molar-refractivity contribution in [3.63, 3.8) is 0 Å². The van der Waals surface area contributed by atoms with E-state index in [1.807, 2.05) is 92.7 Å². The highest BCUT2D eigenvalue weighted by Crippen LogP contribution is 2.55. The molecule has 8 rings (SSSR count). The van der Waals surface area contributed by atoms with Crippen molar-refractivity contribution < 1.29 is 14.0 Å². The van der Waals surface area contributed by atoms with Gasteiger partial charge in [0.1, 0.15) is 5.58 Å². The van der Waals surface area contributed by atoms with Crippen molar-refractivity contribution in [2.45, 2.75) is 25.9 Å². The van der Waals surface area contributed by atoms with E-state index in [0.717, 1.165) is 21.4 Å². The second-order valence-electron chi connectivity index (χ2n) is 10.8. The standard InChI is InChI=1S/C34H23N3O4S/c1-19-13-15-26-22(16-19)29(38)28-30(41-26)31(39)37(33-35-24-14-12-20(2)17-27(24)42-33)34(28)23-10-6-7-11-25(23)36(32(34)40)18-21-8-4-3-5-9-21/h3-17H,18H2,1-2H3. The summed E-state index contributed by atoms with van der Waals surface area (Å²) >= 11 is 1.32. The molecular formula is C34H23N3O4S. The minimum Gasteiger partial charge on any atom is -0.450 e. The monoisotopic (exact) mass is 569 g/mol. The van der Waals surface area contributed by atoms with Gasteiger partial charge in [-0.25, -0.2) is 4.98 Å². The van der Waals surface area contributed by atoms with Crippen molar-refractivity contribution in [1.29, 1.82) is 0 Å². The van der Waals surface area contributed by atoms with E-state index in [4.69, 9.17) is 9.40 Å². The minimum absolute atomic E-state index is 0.0362. The van der Waals surface area contributed by atoms with Gasteiger partial charge in [0.05, 0.1) is 33.4 Å². The van der Waals surface area contributed by atoms with E-state index < -0.39 is 22.8 Å². The van der Waals surface area contributed by atoms with Crippen LogP contribution in [0, 0.1) is 13.8 Å². The number of amides is 2. The number of aromatic nitrogens is 1. The fourth-order valence-electron chi connectivity index (χ4n) is 6.32. The molecule has 42 heavy (non-hydrogen) atoms. The van der Waals surface area contributed by atoms with E-state index in [9.17, 15) is 9.59 Å². The van der Waals surface area contributed by atoms with Crippen LogP contribution in [0.2, 0.25) is 0 Å². The number of nitrogens with zero attached hydrogens (tertiary/aromatic N) is 3.